The number of aromatic nitrogens is 4. The maximum atomic E-state index is 13.9. The molecule has 0 bridgehead atoms. The summed E-state index contributed by atoms with van der Waals surface area (Å²) in [6.07, 6.45) is 3.40. The van der Waals surface area contributed by atoms with Gasteiger partial charge in [0.2, 0.25) is 5.95 Å². The molecule has 3 heterocycles. The van der Waals surface area contributed by atoms with E-state index >= 15 is 0 Å². The van der Waals surface area contributed by atoms with Crippen LogP contribution in [0.15, 0.2) is 96.3 Å². The number of para-hydroxylation sites is 3. The van der Waals surface area contributed by atoms with Gasteiger partial charge in [0.05, 0.1) is 28.5 Å². The van der Waals surface area contributed by atoms with Crippen molar-refractivity contribution in [1.82, 2.24) is 19.3 Å². The highest BCUT2D eigenvalue weighted by Crippen LogP contribution is 2.48. The summed E-state index contributed by atoms with van der Waals surface area (Å²) in [4.78, 5) is 18.9. The highest BCUT2D eigenvalue weighted by Gasteiger charge is 2.43. The first-order chi connectivity index (χ1) is 18.4. The number of nitrogens with one attached hydrogen (secondary N) is 1. The fourth-order valence-electron chi connectivity index (χ4n) is 5.95. The van der Waals surface area contributed by atoms with Crippen molar-refractivity contribution in [3.8, 4) is 16.9 Å². The van der Waals surface area contributed by atoms with Gasteiger partial charge in [-0.25, -0.2) is 9.67 Å². The number of ketones is 1. The number of carbonyl (C=O) groups is 1. The molecular formula is C32H29N5O. The molecule has 0 fully saturated rings. The zero-order chi connectivity index (χ0) is 26.0. The smallest absolute Gasteiger partial charge is 0.209 e. The number of rotatable bonds is 3. The van der Waals surface area contributed by atoms with Gasteiger partial charge in [-0.05, 0) is 43.0 Å². The Balaban J connectivity index is 1.53. The second kappa shape index (κ2) is 8.28. The number of nitrogens with zero attached hydrogens (tertiary/aromatic N) is 4. The molecule has 1 atom stereocenters. The van der Waals surface area contributed by atoms with Gasteiger partial charge in [0.1, 0.15) is 0 Å². The lowest BCUT2D eigenvalue weighted by Crippen LogP contribution is -2.36. The van der Waals surface area contributed by atoms with Gasteiger partial charge in [0, 0.05) is 35.0 Å². The van der Waals surface area contributed by atoms with Crippen LogP contribution in [0, 0.1) is 12.3 Å². The predicted molar refractivity (Wildman–Crippen MR) is 150 cm³/mol. The summed E-state index contributed by atoms with van der Waals surface area (Å²) in [5.41, 5.74) is 8.62. The molecule has 1 aliphatic carbocycles. The van der Waals surface area contributed by atoms with Crippen LogP contribution in [0.1, 0.15) is 43.9 Å². The van der Waals surface area contributed by atoms with Gasteiger partial charge in [-0.2, -0.15) is 5.10 Å². The van der Waals surface area contributed by atoms with Crippen molar-refractivity contribution >= 4 is 22.8 Å². The normalized spacial score (nSPS) is 18.3. The molecule has 1 N–H and O–H groups in total. The fraction of sp³-hybridized carbons (Fsp3) is 0.219. The van der Waals surface area contributed by atoms with E-state index in [0.717, 1.165) is 57.2 Å². The molecule has 1 aliphatic heterocycles. The van der Waals surface area contributed by atoms with E-state index in [1.807, 2.05) is 41.1 Å². The van der Waals surface area contributed by atoms with Crippen molar-refractivity contribution in [3.05, 3.63) is 107 Å². The van der Waals surface area contributed by atoms with Crippen LogP contribution in [-0.2, 0) is 4.79 Å². The topological polar surface area (TPSA) is 64.7 Å². The Labute approximate surface area is 221 Å². The summed E-state index contributed by atoms with van der Waals surface area (Å²) in [5, 5.41) is 8.68. The van der Waals surface area contributed by atoms with Crippen LogP contribution in [0.5, 0.6) is 0 Å². The van der Waals surface area contributed by atoms with Gasteiger partial charge < -0.3 is 5.32 Å². The summed E-state index contributed by atoms with van der Waals surface area (Å²) in [6.45, 7) is 6.41. The summed E-state index contributed by atoms with van der Waals surface area (Å²) in [5.74, 6) is 0.947. The zero-order valence-corrected chi connectivity index (χ0v) is 21.8. The second-order valence-corrected chi connectivity index (χ2v) is 11.2. The highest BCUT2D eigenvalue weighted by atomic mass is 16.1. The molecule has 0 radical (unpaired) electrons. The summed E-state index contributed by atoms with van der Waals surface area (Å²) >= 11 is 0. The molecule has 2 aliphatic rings. The van der Waals surface area contributed by atoms with Crippen LogP contribution in [0.2, 0.25) is 0 Å². The number of fused-ring (bicyclic) bond motifs is 3. The number of allylic oxidation sites excluding steroid dienone is 2. The number of carbonyl (C=O) groups excluding carboxylic acids is 1. The quantitative estimate of drug-likeness (QED) is 0.295. The molecule has 0 saturated carbocycles. The number of imidazole rings is 1. The van der Waals surface area contributed by atoms with E-state index < -0.39 is 0 Å². The SMILES string of the molecule is Cc1ccc(-c2nn(-c3ccccc3)cc2[C@@H]2C3=C(CC(C)(C)CC3=O)Nc3nc4ccccc4n32)cc1. The highest BCUT2D eigenvalue weighted by molar-refractivity contribution is 6.01. The van der Waals surface area contributed by atoms with Gasteiger partial charge in [-0.15, -0.1) is 0 Å². The van der Waals surface area contributed by atoms with E-state index in [9.17, 15) is 4.79 Å². The Bertz CT molecular complexity index is 1740. The molecule has 5 aromatic rings. The Hall–Kier alpha value is -4.45. The van der Waals surface area contributed by atoms with Gasteiger partial charge in [0.25, 0.3) is 0 Å². The van der Waals surface area contributed by atoms with Crippen molar-refractivity contribution in [3.63, 3.8) is 0 Å². The predicted octanol–water partition coefficient (Wildman–Crippen LogP) is 6.86. The molecule has 0 amide bonds. The van der Waals surface area contributed by atoms with Crippen LogP contribution in [0.25, 0.3) is 28.0 Å². The fourth-order valence-corrected chi connectivity index (χ4v) is 5.95. The summed E-state index contributed by atoms with van der Waals surface area (Å²) in [6, 6.07) is 26.4. The van der Waals surface area contributed by atoms with Crippen molar-refractivity contribution in [1.29, 1.82) is 0 Å². The second-order valence-electron chi connectivity index (χ2n) is 11.2. The van der Waals surface area contributed by atoms with Crippen LogP contribution in [0.3, 0.4) is 0 Å². The molecule has 0 saturated heterocycles. The Morgan fingerprint density at radius 2 is 1.66 bits per heavy atom. The number of hydrogen-bond donors (Lipinski definition) is 1. The first kappa shape index (κ1) is 22.7. The lowest BCUT2D eigenvalue weighted by Gasteiger charge is -2.39. The first-order valence-electron chi connectivity index (χ1n) is 13.1. The van der Waals surface area contributed by atoms with E-state index in [0.29, 0.717) is 6.42 Å². The number of benzene rings is 3. The minimum absolute atomic E-state index is 0.115. The van der Waals surface area contributed by atoms with Gasteiger partial charge in [0.15, 0.2) is 5.78 Å². The van der Waals surface area contributed by atoms with Crippen molar-refractivity contribution in [2.24, 2.45) is 5.41 Å². The lowest BCUT2D eigenvalue weighted by molar-refractivity contribution is -0.118. The van der Waals surface area contributed by atoms with E-state index in [1.165, 1.54) is 5.56 Å². The molecule has 188 valence electrons. The molecule has 3 aromatic carbocycles. The third-order valence-electron chi connectivity index (χ3n) is 7.69. The number of hydrogen-bond acceptors (Lipinski definition) is 4. The number of aryl methyl sites for hydroxylation is 1. The summed E-state index contributed by atoms with van der Waals surface area (Å²) in [7, 11) is 0. The Kier molecular flexibility index (Phi) is 4.95. The van der Waals surface area contributed by atoms with Crippen LogP contribution in [0.4, 0.5) is 5.95 Å². The molecule has 6 heteroatoms. The van der Waals surface area contributed by atoms with Crippen molar-refractivity contribution < 1.29 is 4.79 Å². The minimum atomic E-state index is -0.342. The monoisotopic (exact) mass is 499 g/mol. The lowest BCUT2D eigenvalue weighted by atomic mass is 9.73. The van der Waals surface area contributed by atoms with Gasteiger partial charge >= 0.3 is 0 Å². The average molecular weight is 500 g/mol. The molecule has 7 rings (SSSR count). The maximum absolute atomic E-state index is 13.9. The Morgan fingerprint density at radius 3 is 2.45 bits per heavy atom. The van der Waals surface area contributed by atoms with Crippen LogP contribution >= 0.6 is 0 Å². The maximum Gasteiger partial charge on any atom is 0.209 e. The third-order valence-corrected chi connectivity index (χ3v) is 7.69. The molecule has 38 heavy (non-hydrogen) atoms. The largest absolute Gasteiger partial charge is 0.329 e. The van der Waals surface area contributed by atoms with Crippen molar-refractivity contribution in [2.75, 3.05) is 5.32 Å². The standard InChI is InChI=1S/C32H29N5O/c1-20-13-15-21(16-14-20)29-23(19-36(35-29)22-9-5-4-6-10-22)30-28-25(17-32(2,3)18-27(28)38)34-31-33-24-11-7-8-12-26(24)37(30)31/h4-16,19,30H,17-18H2,1-3H3,(H,33,34)/t30-/m1/s1. The summed E-state index contributed by atoms with van der Waals surface area (Å²) < 4.78 is 4.12. The van der Waals surface area contributed by atoms with Gasteiger partial charge in [-0.3, -0.25) is 9.36 Å². The average Bonchev–Trinajstić information content (AvgIpc) is 3.50. The van der Waals surface area contributed by atoms with Crippen LogP contribution < -0.4 is 5.32 Å². The molecule has 6 nitrogen and oxygen atoms in total. The third kappa shape index (κ3) is 3.59. The first-order valence-corrected chi connectivity index (χ1v) is 13.1. The molecule has 0 unspecified atom stereocenters. The van der Waals surface area contributed by atoms with Crippen molar-refractivity contribution in [2.45, 2.75) is 39.7 Å². The minimum Gasteiger partial charge on any atom is -0.329 e. The van der Waals surface area contributed by atoms with Gasteiger partial charge in [-0.1, -0.05) is 74.0 Å². The number of Topliss-reactive ketones (excluding diaryl/α,β-unsaturated/α-hetero) is 1. The van der Waals surface area contributed by atoms with E-state index in [1.54, 1.807) is 0 Å². The molecule has 2 aromatic heterocycles. The Morgan fingerprint density at radius 1 is 0.921 bits per heavy atom. The molecular weight excluding hydrogens is 470 g/mol. The van der Waals surface area contributed by atoms with E-state index in [-0.39, 0.29) is 17.2 Å². The van der Waals surface area contributed by atoms with E-state index in [4.69, 9.17) is 10.1 Å². The zero-order valence-electron chi connectivity index (χ0n) is 21.8. The molecule has 0 spiro atoms. The van der Waals surface area contributed by atoms with Crippen LogP contribution in [-0.4, -0.2) is 25.1 Å². The number of anilines is 1. The van der Waals surface area contributed by atoms with E-state index in [2.05, 4.69) is 79.3 Å².